The van der Waals surface area contributed by atoms with Gasteiger partial charge in [-0.15, -0.1) is 0 Å². The highest BCUT2D eigenvalue weighted by atomic mass is 19.2. The van der Waals surface area contributed by atoms with Gasteiger partial charge in [0.2, 0.25) is 5.95 Å². The van der Waals surface area contributed by atoms with Gasteiger partial charge in [0.05, 0.1) is 0 Å². The first-order valence-corrected chi connectivity index (χ1v) is 6.93. The Kier molecular flexibility index (Phi) is 5.35. The van der Waals surface area contributed by atoms with Gasteiger partial charge in [-0.05, 0) is 24.6 Å². The summed E-state index contributed by atoms with van der Waals surface area (Å²) in [6.07, 6.45) is 3.46. The highest BCUT2D eigenvalue weighted by Crippen LogP contribution is 2.14. The molecule has 0 unspecified atom stereocenters. The van der Waals surface area contributed by atoms with Crippen LogP contribution in [0.1, 0.15) is 30.3 Å². The Hall–Kier alpha value is -2.57. The van der Waals surface area contributed by atoms with Crippen molar-refractivity contribution < 1.29 is 13.6 Å². The monoisotopic (exact) mass is 306 g/mol. The quantitative estimate of drug-likeness (QED) is 0.804. The zero-order valence-corrected chi connectivity index (χ0v) is 12.1. The fourth-order valence-electron chi connectivity index (χ4n) is 1.72. The van der Waals surface area contributed by atoms with Crippen LogP contribution in [0.15, 0.2) is 30.5 Å². The molecule has 2 aromatic rings. The van der Waals surface area contributed by atoms with Gasteiger partial charge in [-0.1, -0.05) is 13.3 Å². The Bertz CT molecular complexity index is 664. The molecule has 7 heteroatoms. The van der Waals surface area contributed by atoms with Gasteiger partial charge in [0.25, 0.3) is 5.91 Å². The summed E-state index contributed by atoms with van der Waals surface area (Å²) in [7, 11) is 0. The highest BCUT2D eigenvalue weighted by molar-refractivity contribution is 6.02. The molecule has 1 amide bonds. The molecule has 1 aromatic heterocycles. The Balaban J connectivity index is 2.05. The first-order valence-electron chi connectivity index (χ1n) is 6.93. The van der Waals surface area contributed by atoms with Crippen molar-refractivity contribution >= 4 is 17.5 Å². The second kappa shape index (κ2) is 7.44. The lowest BCUT2D eigenvalue weighted by Gasteiger charge is -2.07. The average molecular weight is 306 g/mol. The second-order valence-electron chi connectivity index (χ2n) is 4.63. The molecule has 1 heterocycles. The van der Waals surface area contributed by atoms with Crippen LogP contribution >= 0.6 is 0 Å². The molecule has 5 nitrogen and oxygen atoms in total. The predicted molar refractivity (Wildman–Crippen MR) is 79.7 cm³/mol. The third-order valence-electron chi connectivity index (χ3n) is 2.88. The molecule has 0 saturated heterocycles. The summed E-state index contributed by atoms with van der Waals surface area (Å²) in [6, 6.07) is 4.58. The minimum absolute atomic E-state index is 0.138. The number of anilines is 2. The largest absolute Gasteiger partial charge is 0.354 e. The van der Waals surface area contributed by atoms with Crippen molar-refractivity contribution in [2.24, 2.45) is 0 Å². The maximum Gasteiger partial charge on any atom is 0.274 e. The van der Waals surface area contributed by atoms with Crippen LogP contribution in [-0.4, -0.2) is 22.4 Å². The summed E-state index contributed by atoms with van der Waals surface area (Å²) < 4.78 is 26.0. The number of hydrogen-bond donors (Lipinski definition) is 2. The lowest BCUT2D eigenvalue weighted by atomic mass is 10.3. The van der Waals surface area contributed by atoms with Crippen LogP contribution in [0.2, 0.25) is 0 Å². The summed E-state index contributed by atoms with van der Waals surface area (Å²) in [5, 5.41) is 5.47. The molecule has 2 rings (SSSR count). The van der Waals surface area contributed by atoms with Gasteiger partial charge in [0.1, 0.15) is 5.69 Å². The van der Waals surface area contributed by atoms with Crippen molar-refractivity contribution in [2.75, 3.05) is 17.2 Å². The van der Waals surface area contributed by atoms with Crippen LogP contribution in [0, 0.1) is 11.6 Å². The van der Waals surface area contributed by atoms with E-state index in [1.165, 1.54) is 18.3 Å². The van der Waals surface area contributed by atoms with E-state index in [4.69, 9.17) is 0 Å². The molecule has 0 aliphatic heterocycles. The Morgan fingerprint density at radius 2 is 2.05 bits per heavy atom. The summed E-state index contributed by atoms with van der Waals surface area (Å²) >= 11 is 0. The molecule has 0 bridgehead atoms. The predicted octanol–water partition coefficient (Wildman–Crippen LogP) is 3.22. The topological polar surface area (TPSA) is 66.9 Å². The first-order chi connectivity index (χ1) is 10.6. The fourth-order valence-corrected chi connectivity index (χ4v) is 1.72. The molecule has 0 aliphatic rings. The Morgan fingerprint density at radius 1 is 1.23 bits per heavy atom. The van der Waals surface area contributed by atoms with E-state index in [2.05, 4.69) is 27.5 Å². The molecule has 0 radical (unpaired) electrons. The number of carbonyl (C=O) groups is 1. The Labute approximate surface area is 126 Å². The van der Waals surface area contributed by atoms with E-state index in [-0.39, 0.29) is 11.4 Å². The van der Waals surface area contributed by atoms with Gasteiger partial charge in [-0.2, -0.15) is 0 Å². The van der Waals surface area contributed by atoms with E-state index < -0.39 is 17.5 Å². The molecule has 0 fully saturated rings. The fraction of sp³-hybridized carbons (Fsp3) is 0.267. The SMILES string of the molecule is CCCCNc1nccc(C(=O)Nc2ccc(F)c(F)c2)n1. The number of unbranched alkanes of at least 4 members (excludes halogenated alkanes) is 1. The third kappa shape index (κ3) is 4.21. The van der Waals surface area contributed by atoms with Gasteiger partial charge in [0, 0.05) is 24.5 Å². The maximum atomic E-state index is 13.1. The van der Waals surface area contributed by atoms with E-state index in [1.807, 2.05) is 0 Å². The molecule has 2 N–H and O–H groups in total. The number of nitrogens with one attached hydrogen (secondary N) is 2. The lowest BCUT2D eigenvalue weighted by molar-refractivity contribution is 0.102. The van der Waals surface area contributed by atoms with Crippen molar-refractivity contribution in [2.45, 2.75) is 19.8 Å². The van der Waals surface area contributed by atoms with Crippen molar-refractivity contribution in [3.63, 3.8) is 0 Å². The van der Waals surface area contributed by atoms with E-state index >= 15 is 0 Å². The van der Waals surface area contributed by atoms with E-state index in [1.54, 1.807) is 0 Å². The van der Waals surface area contributed by atoms with Gasteiger partial charge < -0.3 is 10.6 Å². The maximum absolute atomic E-state index is 13.1. The lowest BCUT2D eigenvalue weighted by Crippen LogP contribution is -2.15. The number of halogens is 2. The zero-order valence-electron chi connectivity index (χ0n) is 12.1. The van der Waals surface area contributed by atoms with Gasteiger partial charge in [-0.3, -0.25) is 4.79 Å². The van der Waals surface area contributed by atoms with Crippen LogP contribution in [0.5, 0.6) is 0 Å². The molecule has 116 valence electrons. The van der Waals surface area contributed by atoms with Crippen LogP contribution in [0.3, 0.4) is 0 Å². The van der Waals surface area contributed by atoms with E-state index in [0.717, 1.165) is 25.0 Å². The summed E-state index contributed by atoms with van der Waals surface area (Å²) in [4.78, 5) is 20.1. The normalized spacial score (nSPS) is 10.3. The second-order valence-corrected chi connectivity index (χ2v) is 4.63. The van der Waals surface area contributed by atoms with Crippen molar-refractivity contribution in [3.8, 4) is 0 Å². The van der Waals surface area contributed by atoms with Crippen molar-refractivity contribution in [3.05, 3.63) is 47.8 Å². The molecular formula is C15H16F2N4O. The van der Waals surface area contributed by atoms with Gasteiger partial charge >= 0.3 is 0 Å². The molecule has 22 heavy (non-hydrogen) atoms. The van der Waals surface area contributed by atoms with Crippen LogP contribution in [-0.2, 0) is 0 Å². The van der Waals surface area contributed by atoms with E-state index in [0.29, 0.717) is 12.5 Å². The first kappa shape index (κ1) is 15.8. The number of amides is 1. The summed E-state index contributed by atoms with van der Waals surface area (Å²) in [6.45, 7) is 2.78. The van der Waals surface area contributed by atoms with Crippen LogP contribution in [0.4, 0.5) is 20.4 Å². The molecule has 1 aromatic carbocycles. The number of rotatable bonds is 6. The van der Waals surface area contributed by atoms with E-state index in [9.17, 15) is 13.6 Å². The zero-order chi connectivity index (χ0) is 15.9. The highest BCUT2D eigenvalue weighted by Gasteiger charge is 2.10. The number of carbonyl (C=O) groups excluding carboxylic acids is 1. The summed E-state index contributed by atoms with van der Waals surface area (Å²) in [5.41, 5.74) is 0.293. The minimum Gasteiger partial charge on any atom is -0.354 e. The molecule has 0 aliphatic carbocycles. The minimum atomic E-state index is -1.03. The smallest absolute Gasteiger partial charge is 0.274 e. The van der Waals surface area contributed by atoms with Crippen LogP contribution in [0.25, 0.3) is 0 Å². The van der Waals surface area contributed by atoms with Gasteiger partial charge in [0.15, 0.2) is 11.6 Å². The number of hydrogen-bond acceptors (Lipinski definition) is 4. The third-order valence-corrected chi connectivity index (χ3v) is 2.88. The standard InChI is InChI=1S/C15H16F2N4O/c1-2-3-7-18-15-19-8-6-13(21-15)14(22)20-10-4-5-11(16)12(17)9-10/h4-6,8-9H,2-3,7H2,1H3,(H,20,22)(H,18,19,21). The summed E-state index contributed by atoms with van der Waals surface area (Å²) in [5.74, 6) is -2.16. The van der Waals surface area contributed by atoms with Crippen molar-refractivity contribution in [1.29, 1.82) is 0 Å². The molecular weight excluding hydrogens is 290 g/mol. The Morgan fingerprint density at radius 3 is 2.77 bits per heavy atom. The number of benzene rings is 1. The van der Waals surface area contributed by atoms with Crippen molar-refractivity contribution in [1.82, 2.24) is 9.97 Å². The molecule has 0 atom stereocenters. The van der Waals surface area contributed by atoms with Gasteiger partial charge in [-0.25, -0.2) is 18.7 Å². The molecule has 0 saturated carbocycles. The average Bonchev–Trinajstić information content (AvgIpc) is 2.51. The number of nitrogens with zero attached hydrogens (tertiary/aromatic N) is 2. The number of aromatic nitrogens is 2. The van der Waals surface area contributed by atoms with Crippen LogP contribution < -0.4 is 10.6 Å². The molecule has 0 spiro atoms.